The molecule has 0 unspecified atom stereocenters. The van der Waals surface area contributed by atoms with E-state index in [1.165, 1.54) is 0 Å². The van der Waals surface area contributed by atoms with Gasteiger partial charge >= 0.3 is 0 Å². The predicted molar refractivity (Wildman–Crippen MR) is 46.9 cm³/mol. The molecular weight excluding hydrogens is 158 g/mol. The van der Waals surface area contributed by atoms with E-state index in [4.69, 9.17) is 0 Å². The van der Waals surface area contributed by atoms with Crippen molar-refractivity contribution in [3.8, 4) is 0 Å². The molecule has 2 aliphatic rings. The van der Waals surface area contributed by atoms with Crippen LogP contribution in [0.1, 0.15) is 12.8 Å². The van der Waals surface area contributed by atoms with Crippen LogP contribution in [0, 0.1) is 5.41 Å². The molecule has 1 spiro atoms. The summed E-state index contributed by atoms with van der Waals surface area (Å²) in [5, 5.41) is 3.29. The molecule has 2 aliphatic heterocycles. The van der Waals surface area contributed by atoms with Gasteiger partial charge in [-0.2, -0.15) is 11.8 Å². The molecule has 0 saturated carbocycles. The first-order valence-electron chi connectivity index (χ1n) is 4.15. The first-order chi connectivity index (χ1) is 5.33. The molecule has 2 heterocycles. The summed E-state index contributed by atoms with van der Waals surface area (Å²) in [5.41, 5.74) is 0.0932. The summed E-state index contributed by atoms with van der Waals surface area (Å²) in [4.78, 5) is 11.5. The third-order valence-corrected chi connectivity index (χ3v) is 3.99. The van der Waals surface area contributed by atoms with Crippen molar-refractivity contribution in [2.45, 2.75) is 12.8 Å². The minimum atomic E-state index is 0.0932. The van der Waals surface area contributed by atoms with E-state index in [1.54, 1.807) is 0 Å². The number of carbonyl (C=O) groups is 1. The number of ketones is 1. The van der Waals surface area contributed by atoms with Gasteiger partial charge in [0.15, 0.2) is 0 Å². The lowest BCUT2D eigenvalue weighted by atomic mass is 9.78. The smallest absolute Gasteiger partial charge is 0.149 e. The van der Waals surface area contributed by atoms with Gasteiger partial charge in [-0.05, 0) is 25.9 Å². The molecule has 2 fully saturated rings. The maximum atomic E-state index is 11.5. The normalized spacial score (nSPS) is 29.6. The number of piperidine rings is 1. The predicted octanol–water partition coefficient (Wildman–Crippen LogP) is 0.672. The standard InChI is InChI=1S/C8H13NOS/c10-7-5-11-6-8(7)1-3-9-4-2-8/h9H,1-6H2. The minimum Gasteiger partial charge on any atom is -0.317 e. The van der Waals surface area contributed by atoms with E-state index in [9.17, 15) is 4.79 Å². The lowest BCUT2D eigenvalue weighted by Gasteiger charge is -2.31. The monoisotopic (exact) mass is 171 g/mol. The summed E-state index contributed by atoms with van der Waals surface area (Å²) < 4.78 is 0. The average molecular weight is 171 g/mol. The molecular formula is C8H13NOS. The molecule has 0 bridgehead atoms. The molecule has 0 radical (unpaired) electrons. The van der Waals surface area contributed by atoms with Gasteiger partial charge in [0.05, 0.1) is 5.75 Å². The van der Waals surface area contributed by atoms with E-state index in [0.717, 1.165) is 37.4 Å². The van der Waals surface area contributed by atoms with Crippen molar-refractivity contribution in [2.24, 2.45) is 5.41 Å². The zero-order valence-corrected chi connectivity index (χ0v) is 7.38. The molecule has 2 rings (SSSR count). The minimum absolute atomic E-state index is 0.0932. The fourth-order valence-corrected chi connectivity index (χ4v) is 3.34. The topological polar surface area (TPSA) is 29.1 Å². The molecule has 0 atom stereocenters. The van der Waals surface area contributed by atoms with E-state index in [-0.39, 0.29) is 5.41 Å². The molecule has 2 nitrogen and oxygen atoms in total. The van der Waals surface area contributed by atoms with Gasteiger partial charge in [-0.1, -0.05) is 0 Å². The van der Waals surface area contributed by atoms with E-state index < -0.39 is 0 Å². The third-order valence-electron chi connectivity index (χ3n) is 2.76. The SMILES string of the molecule is O=C1CSCC12CCNCC2. The number of thioether (sulfide) groups is 1. The van der Waals surface area contributed by atoms with E-state index in [0.29, 0.717) is 5.78 Å². The van der Waals surface area contributed by atoms with Crippen molar-refractivity contribution in [1.82, 2.24) is 5.32 Å². The lowest BCUT2D eigenvalue weighted by molar-refractivity contribution is -0.125. The largest absolute Gasteiger partial charge is 0.317 e. The van der Waals surface area contributed by atoms with Gasteiger partial charge in [-0.15, -0.1) is 0 Å². The highest BCUT2D eigenvalue weighted by Gasteiger charge is 2.42. The van der Waals surface area contributed by atoms with Gasteiger partial charge in [0.25, 0.3) is 0 Å². The highest BCUT2D eigenvalue weighted by Crippen LogP contribution is 2.39. The zero-order valence-electron chi connectivity index (χ0n) is 6.56. The second-order valence-corrected chi connectivity index (χ2v) is 4.43. The molecule has 1 N–H and O–H groups in total. The van der Waals surface area contributed by atoms with Crippen LogP contribution in [0.15, 0.2) is 0 Å². The van der Waals surface area contributed by atoms with Crippen LogP contribution in [-0.4, -0.2) is 30.4 Å². The third kappa shape index (κ3) is 1.20. The van der Waals surface area contributed by atoms with Gasteiger partial charge in [-0.3, -0.25) is 4.79 Å². The van der Waals surface area contributed by atoms with Crippen molar-refractivity contribution in [3.05, 3.63) is 0 Å². The van der Waals surface area contributed by atoms with Crippen LogP contribution < -0.4 is 5.32 Å². The zero-order chi connectivity index (χ0) is 7.73. The Hall–Kier alpha value is -0.0200. The first-order valence-corrected chi connectivity index (χ1v) is 5.31. The Morgan fingerprint density at radius 3 is 2.64 bits per heavy atom. The highest BCUT2D eigenvalue weighted by atomic mass is 32.2. The molecule has 62 valence electrons. The van der Waals surface area contributed by atoms with Crippen molar-refractivity contribution in [1.29, 1.82) is 0 Å². The van der Waals surface area contributed by atoms with Gasteiger partial charge < -0.3 is 5.32 Å². The number of hydrogen-bond acceptors (Lipinski definition) is 3. The van der Waals surface area contributed by atoms with Crippen LogP contribution in [0.2, 0.25) is 0 Å². The van der Waals surface area contributed by atoms with Crippen molar-refractivity contribution in [2.75, 3.05) is 24.6 Å². The maximum absolute atomic E-state index is 11.5. The van der Waals surface area contributed by atoms with Gasteiger partial charge in [0, 0.05) is 11.2 Å². The van der Waals surface area contributed by atoms with E-state index >= 15 is 0 Å². The quantitative estimate of drug-likeness (QED) is 0.581. The Kier molecular flexibility index (Phi) is 1.93. The second-order valence-electron chi connectivity index (χ2n) is 3.45. The maximum Gasteiger partial charge on any atom is 0.149 e. The summed E-state index contributed by atoms with van der Waals surface area (Å²) in [6, 6.07) is 0. The fourth-order valence-electron chi connectivity index (χ4n) is 1.90. The van der Waals surface area contributed by atoms with E-state index in [2.05, 4.69) is 5.32 Å². The number of nitrogens with one attached hydrogen (secondary N) is 1. The number of rotatable bonds is 0. The summed E-state index contributed by atoms with van der Waals surface area (Å²) in [5.74, 6) is 2.34. The Labute approximate surface area is 71.1 Å². The lowest BCUT2D eigenvalue weighted by Crippen LogP contribution is -2.41. The number of Topliss-reactive ketones (excluding diaryl/α,β-unsaturated/α-hetero) is 1. The Morgan fingerprint density at radius 1 is 1.36 bits per heavy atom. The molecule has 0 aromatic rings. The van der Waals surface area contributed by atoms with Crippen LogP contribution in [0.25, 0.3) is 0 Å². The van der Waals surface area contributed by atoms with Gasteiger partial charge in [0.2, 0.25) is 0 Å². The van der Waals surface area contributed by atoms with Crippen molar-refractivity contribution >= 4 is 17.5 Å². The Balaban J connectivity index is 2.12. The summed E-state index contributed by atoms with van der Waals surface area (Å²) >= 11 is 1.81. The second kappa shape index (κ2) is 2.79. The van der Waals surface area contributed by atoms with Crippen LogP contribution in [0.4, 0.5) is 0 Å². The summed E-state index contributed by atoms with van der Waals surface area (Å²) in [6.07, 6.45) is 2.14. The molecule has 0 aromatic heterocycles. The number of carbonyl (C=O) groups excluding carboxylic acids is 1. The highest BCUT2D eigenvalue weighted by molar-refractivity contribution is 8.00. The van der Waals surface area contributed by atoms with Crippen LogP contribution >= 0.6 is 11.8 Å². The summed E-state index contributed by atoms with van der Waals surface area (Å²) in [7, 11) is 0. The van der Waals surface area contributed by atoms with Gasteiger partial charge in [0.1, 0.15) is 5.78 Å². The van der Waals surface area contributed by atoms with Gasteiger partial charge in [-0.25, -0.2) is 0 Å². The summed E-state index contributed by atoms with van der Waals surface area (Å²) in [6.45, 7) is 2.07. The fraction of sp³-hybridized carbons (Fsp3) is 0.875. The molecule has 3 heteroatoms. The first kappa shape index (κ1) is 7.62. The molecule has 2 saturated heterocycles. The molecule has 0 amide bonds. The van der Waals surface area contributed by atoms with Crippen molar-refractivity contribution < 1.29 is 4.79 Å². The average Bonchev–Trinajstić information content (AvgIpc) is 2.36. The molecule has 0 aliphatic carbocycles. The Morgan fingerprint density at radius 2 is 2.09 bits per heavy atom. The molecule has 11 heavy (non-hydrogen) atoms. The van der Waals surface area contributed by atoms with Crippen LogP contribution in [0.5, 0.6) is 0 Å². The van der Waals surface area contributed by atoms with Crippen molar-refractivity contribution in [3.63, 3.8) is 0 Å². The van der Waals surface area contributed by atoms with Crippen LogP contribution in [-0.2, 0) is 4.79 Å². The Bertz CT molecular complexity index is 175. The number of hydrogen-bond donors (Lipinski definition) is 1. The molecule has 0 aromatic carbocycles. The van der Waals surface area contributed by atoms with Crippen LogP contribution in [0.3, 0.4) is 0 Å². The van der Waals surface area contributed by atoms with E-state index in [1.807, 2.05) is 11.8 Å².